The van der Waals surface area contributed by atoms with Crippen molar-refractivity contribution in [3.05, 3.63) is 71.2 Å². The minimum Gasteiger partial charge on any atom is -0.496 e. The Kier molecular flexibility index (Phi) is 8.24. The number of nitrogens with one attached hydrogen (secondary N) is 2. The second kappa shape index (κ2) is 11.5. The van der Waals surface area contributed by atoms with E-state index < -0.39 is 0 Å². The Morgan fingerprint density at radius 3 is 2.67 bits per heavy atom. The van der Waals surface area contributed by atoms with Crippen molar-refractivity contribution in [2.75, 3.05) is 25.9 Å². The van der Waals surface area contributed by atoms with Crippen LogP contribution in [0.4, 0.5) is 10.2 Å². The summed E-state index contributed by atoms with van der Waals surface area (Å²) in [6.45, 7) is 3.85. The second-order valence-corrected chi connectivity index (χ2v) is 7.24. The lowest BCUT2D eigenvalue weighted by atomic mass is 10.1. The predicted octanol–water partition coefficient (Wildman–Crippen LogP) is 3.16. The van der Waals surface area contributed by atoms with Gasteiger partial charge in [-0.3, -0.25) is 0 Å². The van der Waals surface area contributed by atoms with Gasteiger partial charge in [-0.1, -0.05) is 18.2 Å². The summed E-state index contributed by atoms with van der Waals surface area (Å²) >= 11 is 0. The molecule has 33 heavy (non-hydrogen) atoms. The molecule has 0 saturated carbocycles. The molecule has 1 aromatic heterocycles. The summed E-state index contributed by atoms with van der Waals surface area (Å²) in [4.78, 5) is 4.63. The highest BCUT2D eigenvalue weighted by Gasteiger charge is 2.16. The van der Waals surface area contributed by atoms with E-state index in [4.69, 9.17) is 10.5 Å². The lowest BCUT2D eigenvalue weighted by molar-refractivity contribution is 0.410. The molecular weight excluding hydrogens is 421 g/mol. The van der Waals surface area contributed by atoms with E-state index in [0.29, 0.717) is 48.8 Å². The van der Waals surface area contributed by atoms with Crippen LogP contribution >= 0.6 is 0 Å². The Morgan fingerprint density at radius 1 is 1.21 bits per heavy atom. The molecule has 172 valence electrons. The zero-order valence-corrected chi connectivity index (χ0v) is 18.8. The number of nitrogen functional groups attached to an aromatic ring is 1. The standard InChI is InChI=1S/C24H28FN7O/c1-3-28-24(30-16-17-7-4-5-9-22(17)33-2)29-14-6-8-21-20(15-26)23(27)32(31-21)19-12-10-18(25)11-13-19/h4-5,7,9-13H,3,6,8,14,16,27H2,1-2H3,(H2,28,29,30). The fourth-order valence-electron chi connectivity index (χ4n) is 3.36. The molecule has 0 aliphatic heterocycles. The number of methoxy groups -OCH3 is 1. The smallest absolute Gasteiger partial charge is 0.191 e. The third kappa shape index (κ3) is 6.01. The number of aromatic nitrogens is 2. The number of ether oxygens (including phenoxy) is 1. The first-order chi connectivity index (χ1) is 16.1. The summed E-state index contributed by atoms with van der Waals surface area (Å²) < 4.78 is 20.1. The zero-order valence-electron chi connectivity index (χ0n) is 18.8. The molecule has 4 N–H and O–H groups in total. The molecule has 0 amide bonds. The number of hydrogen-bond acceptors (Lipinski definition) is 5. The van der Waals surface area contributed by atoms with Gasteiger partial charge in [0.2, 0.25) is 0 Å². The van der Waals surface area contributed by atoms with Gasteiger partial charge in [-0.05, 0) is 50.1 Å². The predicted molar refractivity (Wildman–Crippen MR) is 127 cm³/mol. The van der Waals surface area contributed by atoms with Crippen molar-refractivity contribution in [3.8, 4) is 17.5 Å². The number of guanidine groups is 1. The first kappa shape index (κ1) is 23.6. The molecule has 0 radical (unpaired) electrons. The van der Waals surface area contributed by atoms with Gasteiger partial charge in [0.1, 0.15) is 29.0 Å². The van der Waals surface area contributed by atoms with Gasteiger partial charge in [0.05, 0.1) is 25.0 Å². The molecule has 9 heteroatoms. The number of anilines is 1. The van der Waals surface area contributed by atoms with Crippen molar-refractivity contribution in [2.45, 2.75) is 26.3 Å². The molecule has 0 fully saturated rings. The number of nitriles is 1. The Bertz CT molecular complexity index is 1130. The molecule has 3 aromatic rings. The van der Waals surface area contributed by atoms with E-state index in [0.717, 1.165) is 17.9 Å². The Labute approximate surface area is 192 Å². The zero-order chi connectivity index (χ0) is 23.6. The molecule has 0 aliphatic carbocycles. The molecule has 0 spiro atoms. The van der Waals surface area contributed by atoms with Crippen molar-refractivity contribution in [3.63, 3.8) is 0 Å². The van der Waals surface area contributed by atoms with Crippen LogP contribution < -0.4 is 21.1 Å². The Balaban J connectivity index is 1.62. The molecule has 0 saturated heterocycles. The van der Waals surface area contributed by atoms with E-state index in [1.54, 1.807) is 19.2 Å². The van der Waals surface area contributed by atoms with Crippen LogP contribution in [0.1, 0.15) is 30.2 Å². The minimum atomic E-state index is -0.347. The van der Waals surface area contributed by atoms with Crippen molar-refractivity contribution in [1.82, 2.24) is 20.4 Å². The first-order valence-electron chi connectivity index (χ1n) is 10.7. The van der Waals surface area contributed by atoms with Crippen molar-refractivity contribution in [1.29, 1.82) is 5.26 Å². The first-order valence-corrected chi connectivity index (χ1v) is 10.7. The normalized spacial score (nSPS) is 11.2. The summed E-state index contributed by atoms with van der Waals surface area (Å²) in [5, 5.41) is 20.6. The van der Waals surface area contributed by atoms with Crippen LogP contribution in [0.25, 0.3) is 5.69 Å². The van der Waals surface area contributed by atoms with E-state index in [2.05, 4.69) is 26.8 Å². The second-order valence-electron chi connectivity index (χ2n) is 7.24. The molecule has 1 heterocycles. The SMILES string of the molecule is CCNC(=NCc1ccccc1OC)NCCCc1nn(-c2ccc(F)cc2)c(N)c1C#N. The molecule has 0 bridgehead atoms. The lowest BCUT2D eigenvalue weighted by Gasteiger charge is -2.12. The van der Waals surface area contributed by atoms with E-state index in [1.807, 2.05) is 31.2 Å². The van der Waals surface area contributed by atoms with Crippen molar-refractivity contribution in [2.24, 2.45) is 4.99 Å². The maximum atomic E-state index is 13.2. The fourth-order valence-corrected chi connectivity index (χ4v) is 3.36. The Morgan fingerprint density at radius 2 is 1.97 bits per heavy atom. The lowest BCUT2D eigenvalue weighted by Crippen LogP contribution is -2.37. The average Bonchev–Trinajstić information content (AvgIpc) is 3.15. The van der Waals surface area contributed by atoms with Gasteiger partial charge in [0, 0.05) is 18.7 Å². The van der Waals surface area contributed by atoms with Crippen LogP contribution in [0.5, 0.6) is 5.75 Å². The summed E-state index contributed by atoms with van der Waals surface area (Å²) in [6.07, 6.45) is 1.27. The highest BCUT2D eigenvalue weighted by molar-refractivity contribution is 5.79. The third-order valence-electron chi connectivity index (χ3n) is 5.00. The number of hydrogen-bond donors (Lipinski definition) is 3. The number of rotatable bonds is 9. The van der Waals surface area contributed by atoms with Gasteiger partial charge < -0.3 is 21.1 Å². The third-order valence-corrected chi connectivity index (χ3v) is 5.00. The van der Waals surface area contributed by atoms with Gasteiger partial charge in [-0.15, -0.1) is 0 Å². The maximum absolute atomic E-state index is 13.2. The van der Waals surface area contributed by atoms with E-state index in [9.17, 15) is 9.65 Å². The number of benzene rings is 2. The van der Waals surface area contributed by atoms with Gasteiger partial charge in [0.25, 0.3) is 0 Å². The molecule has 8 nitrogen and oxygen atoms in total. The molecule has 2 aromatic carbocycles. The van der Waals surface area contributed by atoms with Crippen molar-refractivity contribution >= 4 is 11.8 Å². The molecular formula is C24H28FN7O. The van der Waals surface area contributed by atoms with Crippen LogP contribution in [0.3, 0.4) is 0 Å². The van der Waals surface area contributed by atoms with E-state index in [-0.39, 0.29) is 11.6 Å². The van der Waals surface area contributed by atoms with Gasteiger partial charge in [0.15, 0.2) is 5.96 Å². The summed E-state index contributed by atoms with van der Waals surface area (Å²) in [5.41, 5.74) is 8.68. The monoisotopic (exact) mass is 449 g/mol. The van der Waals surface area contributed by atoms with Gasteiger partial charge >= 0.3 is 0 Å². The van der Waals surface area contributed by atoms with Crippen LogP contribution in [-0.4, -0.2) is 35.9 Å². The van der Waals surface area contributed by atoms with Gasteiger partial charge in [-0.2, -0.15) is 10.4 Å². The number of aryl methyl sites for hydroxylation is 1. The molecule has 0 aliphatic rings. The molecule has 0 unspecified atom stereocenters. The maximum Gasteiger partial charge on any atom is 0.191 e. The van der Waals surface area contributed by atoms with Crippen molar-refractivity contribution < 1.29 is 9.13 Å². The summed E-state index contributed by atoms with van der Waals surface area (Å²) in [7, 11) is 1.64. The van der Waals surface area contributed by atoms with Crippen LogP contribution in [0, 0.1) is 17.1 Å². The highest BCUT2D eigenvalue weighted by Crippen LogP contribution is 2.22. The number of halogens is 1. The highest BCUT2D eigenvalue weighted by atomic mass is 19.1. The Hall–Kier alpha value is -4.06. The summed E-state index contributed by atoms with van der Waals surface area (Å²) in [6, 6.07) is 15.7. The minimum absolute atomic E-state index is 0.249. The number of aliphatic imine (C=N–C) groups is 1. The number of nitrogens with two attached hydrogens (primary N) is 1. The largest absolute Gasteiger partial charge is 0.496 e. The summed E-state index contributed by atoms with van der Waals surface area (Å²) in [5.74, 6) is 1.40. The topological polar surface area (TPSA) is 113 Å². The molecule has 0 atom stereocenters. The van der Waals surface area contributed by atoms with E-state index in [1.165, 1.54) is 16.8 Å². The average molecular weight is 450 g/mol. The number of para-hydroxylation sites is 1. The molecule has 3 rings (SSSR count). The van der Waals surface area contributed by atoms with Crippen LogP contribution in [0.15, 0.2) is 53.5 Å². The van der Waals surface area contributed by atoms with Gasteiger partial charge in [-0.25, -0.2) is 14.1 Å². The van der Waals surface area contributed by atoms with E-state index >= 15 is 0 Å². The van der Waals surface area contributed by atoms with Crippen LogP contribution in [0.2, 0.25) is 0 Å². The number of nitrogens with zero attached hydrogens (tertiary/aromatic N) is 4. The quantitative estimate of drug-likeness (QED) is 0.263. The van der Waals surface area contributed by atoms with Crippen LogP contribution in [-0.2, 0) is 13.0 Å². The fraction of sp³-hybridized carbons (Fsp3) is 0.292.